The van der Waals surface area contributed by atoms with Gasteiger partial charge in [-0.05, 0) is 24.3 Å². The highest BCUT2D eigenvalue weighted by atomic mass is 32.1. The lowest BCUT2D eigenvalue weighted by Gasteiger charge is -1.89. The Morgan fingerprint density at radius 3 is 2.87 bits per heavy atom. The van der Waals surface area contributed by atoms with E-state index in [2.05, 4.69) is 16.0 Å². The van der Waals surface area contributed by atoms with Crippen LogP contribution in [0.1, 0.15) is 5.56 Å². The Labute approximate surface area is 134 Å². The van der Waals surface area contributed by atoms with Gasteiger partial charge in [-0.2, -0.15) is 0 Å². The van der Waals surface area contributed by atoms with Gasteiger partial charge in [-0.15, -0.1) is 0 Å². The zero-order chi connectivity index (χ0) is 15.4. The molecule has 0 bridgehead atoms. The van der Waals surface area contributed by atoms with Gasteiger partial charge >= 0.3 is 0 Å². The molecule has 5 rings (SSSR count). The summed E-state index contributed by atoms with van der Waals surface area (Å²) in [5.41, 5.74) is 3.80. The summed E-state index contributed by atoms with van der Waals surface area (Å²) in [5, 5.41) is 1.11. The van der Waals surface area contributed by atoms with Crippen LogP contribution in [0.4, 0.5) is 0 Å². The van der Waals surface area contributed by atoms with Crippen molar-refractivity contribution in [3.63, 3.8) is 0 Å². The van der Waals surface area contributed by atoms with Gasteiger partial charge in [0.15, 0.2) is 4.96 Å². The first-order valence-corrected chi connectivity index (χ1v) is 8.11. The second-order valence-electron chi connectivity index (χ2n) is 5.42. The van der Waals surface area contributed by atoms with Gasteiger partial charge in [0.05, 0.1) is 15.6 Å². The van der Waals surface area contributed by atoms with E-state index < -0.39 is 0 Å². The average Bonchev–Trinajstić information content (AvgIpc) is 3.22. The molecule has 110 valence electrons. The molecular weight excluding hydrogens is 306 g/mol. The molecule has 0 amide bonds. The van der Waals surface area contributed by atoms with Crippen LogP contribution in [0.15, 0.2) is 59.5 Å². The van der Waals surface area contributed by atoms with Crippen molar-refractivity contribution in [3.05, 3.63) is 75.2 Å². The molecular formula is C18H11N3OS. The monoisotopic (exact) mass is 317 g/mol. The number of aromatic amines is 1. The number of aromatic nitrogens is 3. The highest BCUT2D eigenvalue weighted by Crippen LogP contribution is 2.19. The first-order valence-electron chi connectivity index (χ1n) is 7.29. The number of nitrogens with one attached hydrogen (secondary N) is 1. The summed E-state index contributed by atoms with van der Waals surface area (Å²) in [6.07, 6.45) is 3.87. The summed E-state index contributed by atoms with van der Waals surface area (Å²) < 4.78 is 2.39. The van der Waals surface area contributed by atoms with E-state index in [-0.39, 0.29) is 5.56 Å². The summed E-state index contributed by atoms with van der Waals surface area (Å²) >= 11 is 1.43. The third-order valence-corrected chi connectivity index (χ3v) is 5.02. The lowest BCUT2D eigenvalue weighted by molar-refractivity contribution is 1.19. The normalized spacial score (nSPS) is 12.8. The highest BCUT2D eigenvalue weighted by molar-refractivity contribution is 7.15. The molecule has 0 aliphatic heterocycles. The number of para-hydroxylation sites is 3. The molecule has 1 N–H and O–H groups in total. The van der Waals surface area contributed by atoms with E-state index in [0.717, 1.165) is 32.5 Å². The molecule has 0 aliphatic rings. The van der Waals surface area contributed by atoms with Crippen LogP contribution in [0.5, 0.6) is 0 Å². The van der Waals surface area contributed by atoms with Crippen LogP contribution >= 0.6 is 11.3 Å². The molecule has 0 spiro atoms. The van der Waals surface area contributed by atoms with Crippen molar-refractivity contribution in [1.29, 1.82) is 0 Å². The van der Waals surface area contributed by atoms with Crippen molar-refractivity contribution in [2.75, 3.05) is 0 Å². The maximum Gasteiger partial charge on any atom is 0.274 e. The van der Waals surface area contributed by atoms with Gasteiger partial charge < -0.3 is 4.98 Å². The van der Waals surface area contributed by atoms with E-state index in [1.54, 1.807) is 4.40 Å². The molecule has 3 heterocycles. The smallest absolute Gasteiger partial charge is 0.274 e. The van der Waals surface area contributed by atoms with Crippen molar-refractivity contribution in [1.82, 2.24) is 14.4 Å². The number of hydrogen-bond acceptors (Lipinski definition) is 3. The van der Waals surface area contributed by atoms with Gasteiger partial charge in [-0.25, -0.2) is 9.38 Å². The second-order valence-corrected chi connectivity index (χ2v) is 6.43. The molecule has 0 saturated heterocycles. The molecule has 23 heavy (non-hydrogen) atoms. The van der Waals surface area contributed by atoms with Gasteiger partial charge in [0.2, 0.25) is 0 Å². The largest absolute Gasteiger partial charge is 0.361 e. The lowest BCUT2D eigenvalue weighted by atomic mass is 10.2. The summed E-state index contributed by atoms with van der Waals surface area (Å²) in [7, 11) is 0. The van der Waals surface area contributed by atoms with E-state index in [1.165, 1.54) is 11.3 Å². The first-order chi connectivity index (χ1) is 11.3. The molecule has 5 heteroatoms. The predicted octanol–water partition coefficient (Wildman–Crippen LogP) is 2.94. The molecule has 0 radical (unpaired) electrons. The van der Waals surface area contributed by atoms with Gasteiger partial charge in [0, 0.05) is 22.7 Å². The van der Waals surface area contributed by atoms with Gasteiger partial charge in [-0.3, -0.25) is 4.79 Å². The van der Waals surface area contributed by atoms with Crippen LogP contribution in [-0.4, -0.2) is 14.4 Å². The Hall–Kier alpha value is -2.92. The molecule has 3 aromatic heterocycles. The summed E-state index contributed by atoms with van der Waals surface area (Å²) in [6, 6.07) is 15.8. The van der Waals surface area contributed by atoms with Crippen LogP contribution in [0, 0.1) is 0 Å². The standard InChI is InChI=1S/C18H11N3OS/c22-17-16(9-11-10-19-13-6-2-1-5-12(11)13)23-18-20-14-7-3-4-8-15(14)21(17)18/h1-10,19H/b16-9-. The fourth-order valence-corrected chi connectivity index (χ4v) is 3.94. The average molecular weight is 317 g/mol. The van der Waals surface area contributed by atoms with Crippen molar-refractivity contribution in [2.45, 2.75) is 0 Å². The third kappa shape index (κ3) is 1.77. The SMILES string of the molecule is O=c1/c(=C/c2c[nH]c3ccccc23)sc2nc3ccccc3n12. The zero-order valence-corrected chi connectivity index (χ0v) is 12.8. The predicted molar refractivity (Wildman–Crippen MR) is 93.9 cm³/mol. The Morgan fingerprint density at radius 2 is 1.91 bits per heavy atom. The fraction of sp³-hybridized carbons (Fsp3) is 0. The van der Waals surface area contributed by atoms with Crippen molar-refractivity contribution in [3.8, 4) is 0 Å². The Balaban J connectivity index is 1.83. The van der Waals surface area contributed by atoms with E-state index in [0.29, 0.717) is 4.53 Å². The molecule has 5 aromatic rings. The number of H-pyrrole nitrogens is 1. The molecule has 0 fully saturated rings. The maximum atomic E-state index is 12.8. The molecule has 0 saturated carbocycles. The fourth-order valence-electron chi connectivity index (χ4n) is 2.97. The highest BCUT2D eigenvalue weighted by Gasteiger charge is 2.10. The minimum Gasteiger partial charge on any atom is -0.361 e. The van der Waals surface area contributed by atoms with Crippen LogP contribution in [-0.2, 0) is 0 Å². The van der Waals surface area contributed by atoms with Crippen LogP contribution < -0.4 is 10.1 Å². The van der Waals surface area contributed by atoms with E-state index in [9.17, 15) is 4.79 Å². The van der Waals surface area contributed by atoms with Crippen molar-refractivity contribution in [2.24, 2.45) is 0 Å². The minimum atomic E-state index is -0.0102. The van der Waals surface area contributed by atoms with Crippen LogP contribution in [0.25, 0.3) is 33.0 Å². The van der Waals surface area contributed by atoms with Crippen molar-refractivity contribution >= 4 is 44.3 Å². The van der Waals surface area contributed by atoms with Gasteiger partial charge in [0.1, 0.15) is 0 Å². The zero-order valence-electron chi connectivity index (χ0n) is 12.0. The van der Waals surface area contributed by atoms with E-state index in [1.807, 2.05) is 54.7 Å². The third-order valence-electron chi connectivity index (χ3n) is 4.05. The Morgan fingerprint density at radius 1 is 1.09 bits per heavy atom. The van der Waals surface area contributed by atoms with Gasteiger partial charge in [-0.1, -0.05) is 41.7 Å². The quantitative estimate of drug-likeness (QED) is 0.517. The molecule has 0 unspecified atom stereocenters. The van der Waals surface area contributed by atoms with Crippen LogP contribution in [0.2, 0.25) is 0 Å². The topological polar surface area (TPSA) is 50.2 Å². The van der Waals surface area contributed by atoms with Crippen molar-refractivity contribution < 1.29 is 0 Å². The Kier molecular flexibility index (Phi) is 2.49. The lowest BCUT2D eigenvalue weighted by Crippen LogP contribution is -2.22. The number of rotatable bonds is 1. The molecule has 4 nitrogen and oxygen atoms in total. The Bertz CT molecular complexity index is 1290. The van der Waals surface area contributed by atoms with E-state index >= 15 is 0 Å². The number of fused-ring (bicyclic) bond motifs is 4. The number of imidazole rings is 1. The number of benzene rings is 2. The summed E-state index contributed by atoms with van der Waals surface area (Å²) in [6.45, 7) is 0. The second kappa shape index (κ2) is 4.54. The van der Waals surface area contributed by atoms with Crippen LogP contribution in [0.3, 0.4) is 0 Å². The molecule has 0 aliphatic carbocycles. The molecule has 2 aromatic carbocycles. The van der Waals surface area contributed by atoms with Gasteiger partial charge in [0.25, 0.3) is 5.56 Å². The number of hydrogen-bond donors (Lipinski definition) is 1. The number of thiazole rings is 1. The summed E-state index contributed by atoms with van der Waals surface area (Å²) in [5.74, 6) is 0. The van der Waals surface area contributed by atoms with E-state index in [4.69, 9.17) is 0 Å². The number of nitrogens with zero attached hydrogens (tertiary/aromatic N) is 2. The molecule has 0 atom stereocenters. The minimum absolute atomic E-state index is 0.0102. The summed E-state index contributed by atoms with van der Waals surface area (Å²) in [4.78, 5) is 21.3. The maximum absolute atomic E-state index is 12.8. The first kappa shape index (κ1) is 12.6.